The maximum Gasteiger partial charge on any atom is 0.330 e. The van der Waals surface area contributed by atoms with Gasteiger partial charge < -0.3 is 18.5 Å². The van der Waals surface area contributed by atoms with Crippen molar-refractivity contribution in [2.24, 2.45) is 0 Å². The summed E-state index contributed by atoms with van der Waals surface area (Å²) in [4.78, 5) is 25.4. The third kappa shape index (κ3) is 7.00. The fourth-order valence-electron chi connectivity index (χ4n) is 2.95. The minimum atomic E-state index is -1.39. The summed E-state index contributed by atoms with van der Waals surface area (Å²) in [6, 6.07) is 3.72. The van der Waals surface area contributed by atoms with Crippen LogP contribution >= 0.6 is 8.53 Å². The Bertz CT molecular complexity index is 782. The van der Waals surface area contributed by atoms with Crippen LogP contribution in [0.5, 0.6) is 0 Å². The van der Waals surface area contributed by atoms with E-state index in [-0.39, 0.29) is 38.3 Å². The summed E-state index contributed by atoms with van der Waals surface area (Å²) < 4.78 is 26.8. The van der Waals surface area contributed by atoms with Gasteiger partial charge in [-0.3, -0.25) is 14.3 Å². The molecule has 29 heavy (non-hydrogen) atoms. The lowest BCUT2D eigenvalue weighted by molar-refractivity contribution is -0.178. The average Bonchev–Trinajstić information content (AvgIpc) is 2.65. The quantitative estimate of drug-likeness (QED) is 0.442. The van der Waals surface area contributed by atoms with Gasteiger partial charge in [0.25, 0.3) is 14.1 Å². The number of nitrogens with one attached hydrogen (secondary N) is 1. The van der Waals surface area contributed by atoms with Crippen molar-refractivity contribution in [3.8, 4) is 6.07 Å². The van der Waals surface area contributed by atoms with E-state index in [2.05, 4.69) is 43.4 Å². The second-order valence-corrected chi connectivity index (χ2v) is 8.56. The highest BCUT2D eigenvalue weighted by Gasteiger charge is 2.30. The van der Waals surface area contributed by atoms with Gasteiger partial charge in [-0.05, 0) is 27.7 Å². The Morgan fingerprint density at radius 2 is 2.03 bits per heavy atom. The van der Waals surface area contributed by atoms with Gasteiger partial charge >= 0.3 is 5.69 Å². The van der Waals surface area contributed by atoms with E-state index in [9.17, 15) is 9.59 Å². The van der Waals surface area contributed by atoms with Crippen LogP contribution in [0.3, 0.4) is 0 Å². The molecule has 3 atom stereocenters. The standard InChI is InChI=1S/C18H29N4O6P/c1-13(2)22(14(3)4)29(26-9-5-7-19)27-11-15-10-25-12-17(28-15)21-8-6-16(23)20-18(21)24/h6,8,13-15,17H,5,9-12H2,1-4H3,(H,20,23,24)/t15-,17+,29?/m0/s1. The van der Waals surface area contributed by atoms with Crippen LogP contribution in [-0.4, -0.2) is 58.8 Å². The average molecular weight is 428 g/mol. The Morgan fingerprint density at radius 1 is 1.31 bits per heavy atom. The van der Waals surface area contributed by atoms with E-state index < -0.39 is 32.1 Å². The minimum Gasteiger partial charge on any atom is -0.374 e. The second kappa shape index (κ2) is 11.6. The lowest BCUT2D eigenvalue weighted by atomic mass is 10.3. The molecule has 162 valence electrons. The Morgan fingerprint density at radius 3 is 2.66 bits per heavy atom. The smallest absolute Gasteiger partial charge is 0.330 e. The summed E-state index contributed by atoms with van der Waals surface area (Å²) in [6.07, 6.45) is 0.610. The predicted octanol–water partition coefficient (Wildman–Crippen LogP) is 1.74. The first-order valence-corrected chi connectivity index (χ1v) is 10.7. The van der Waals surface area contributed by atoms with Crippen molar-refractivity contribution in [3.63, 3.8) is 0 Å². The topological polar surface area (TPSA) is 119 Å². The number of nitriles is 1. The molecule has 0 bridgehead atoms. The minimum absolute atomic E-state index is 0.194. The Hall–Kier alpha value is -1.60. The van der Waals surface area contributed by atoms with Gasteiger partial charge in [0.2, 0.25) is 0 Å². The molecular formula is C18H29N4O6P. The van der Waals surface area contributed by atoms with Crippen LogP contribution in [-0.2, 0) is 18.5 Å². The Labute approximate surface area is 171 Å². The molecule has 1 aromatic heterocycles. The first-order chi connectivity index (χ1) is 13.8. The zero-order valence-corrected chi connectivity index (χ0v) is 18.1. The number of aromatic amines is 1. The molecule has 1 saturated heterocycles. The van der Waals surface area contributed by atoms with Crippen molar-refractivity contribution in [3.05, 3.63) is 33.1 Å². The summed E-state index contributed by atoms with van der Waals surface area (Å²) in [6.45, 7) is 9.25. The maximum absolute atomic E-state index is 12.0. The van der Waals surface area contributed by atoms with Crippen LogP contribution in [0, 0.1) is 11.3 Å². The third-order valence-electron chi connectivity index (χ3n) is 4.11. The van der Waals surface area contributed by atoms with Gasteiger partial charge in [-0.15, -0.1) is 0 Å². The first kappa shape index (κ1) is 23.7. The van der Waals surface area contributed by atoms with Gasteiger partial charge in [-0.2, -0.15) is 5.26 Å². The second-order valence-electron chi connectivity index (χ2n) is 7.11. The molecule has 2 heterocycles. The number of aromatic nitrogens is 2. The largest absolute Gasteiger partial charge is 0.374 e. The zero-order valence-electron chi connectivity index (χ0n) is 17.2. The summed E-state index contributed by atoms with van der Waals surface area (Å²) in [7, 11) is -1.39. The zero-order chi connectivity index (χ0) is 21.4. The fraction of sp³-hybridized carbons (Fsp3) is 0.722. The first-order valence-electron chi connectivity index (χ1n) is 9.59. The number of H-pyrrole nitrogens is 1. The monoisotopic (exact) mass is 428 g/mol. The molecule has 0 radical (unpaired) electrons. The molecule has 1 aliphatic heterocycles. The van der Waals surface area contributed by atoms with E-state index in [1.165, 1.54) is 16.8 Å². The molecule has 1 fully saturated rings. The van der Waals surface area contributed by atoms with Gasteiger partial charge in [-0.1, -0.05) is 0 Å². The van der Waals surface area contributed by atoms with Crippen molar-refractivity contribution in [1.29, 1.82) is 5.26 Å². The lowest BCUT2D eigenvalue weighted by Crippen LogP contribution is -2.42. The lowest BCUT2D eigenvalue weighted by Gasteiger charge is -2.37. The number of ether oxygens (including phenoxy) is 2. The molecule has 11 heteroatoms. The molecule has 0 spiro atoms. The van der Waals surface area contributed by atoms with Gasteiger partial charge in [0.05, 0.1) is 38.9 Å². The van der Waals surface area contributed by atoms with Gasteiger partial charge in [-0.25, -0.2) is 9.46 Å². The van der Waals surface area contributed by atoms with Crippen LogP contribution in [0.1, 0.15) is 40.3 Å². The van der Waals surface area contributed by atoms with E-state index in [0.29, 0.717) is 6.61 Å². The van der Waals surface area contributed by atoms with Gasteiger partial charge in [0.1, 0.15) is 6.10 Å². The highest BCUT2D eigenvalue weighted by atomic mass is 31.2. The van der Waals surface area contributed by atoms with E-state index in [1.54, 1.807) is 0 Å². The van der Waals surface area contributed by atoms with E-state index in [0.717, 1.165) is 0 Å². The van der Waals surface area contributed by atoms with Gasteiger partial charge in [0, 0.05) is 24.3 Å². The van der Waals surface area contributed by atoms with Crippen LogP contribution in [0.4, 0.5) is 0 Å². The number of hydrogen-bond acceptors (Lipinski definition) is 8. The Balaban J connectivity index is 2.02. The maximum atomic E-state index is 12.0. The molecule has 1 aliphatic rings. The predicted molar refractivity (Wildman–Crippen MR) is 107 cm³/mol. The van der Waals surface area contributed by atoms with Crippen LogP contribution in [0.15, 0.2) is 21.9 Å². The van der Waals surface area contributed by atoms with Crippen LogP contribution < -0.4 is 11.2 Å². The molecule has 1 aromatic rings. The van der Waals surface area contributed by atoms with Crippen LogP contribution in [0.2, 0.25) is 0 Å². The molecule has 0 amide bonds. The highest BCUT2D eigenvalue weighted by molar-refractivity contribution is 7.44. The SMILES string of the molecule is CC(C)N(C(C)C)P(OCCC#N)OC[C@@H]1COC[C@H](n2ccc(=O)[nH]c2=O)O1. The van der Waals surface area contributed by atoms with Crippen LogP contribution in [0.25, 0.3) is 0 Å². The molecule has 0 aromatic carbocycles. The van der Waals surface area contributed by atoms with Crippen molar-refractivity contribution in [2.45, 2.75) is 58.5 Å². The van der Waals surface area contributed by atoms with Crippen molar-refractivity contribution in [1.82, 2.24) is 14.2 Å². The van der Waals surface area contributed by atoms with Crippen molar-refractivity contribution >= 4 is 8.53 Å². The third-order valence-corrected chi connectivity index (χ3v) is 6.18. The molecule has 0 aliphatic carbocycles. The molecule has 2 rings (SSSR count). The van der Waals surface area contributed by atoms with E-state index in [1.807, 2.05) is 0 Å². The number of rotatable bonds is 10. The van der Waals surface area contributed by atoms with Crippen molar-refractivity contribution in [2.75, 3.05) is 26.4 Å². The number of hydrogen-bond donors (Lipinski definition) is 1. The summed E-state index contributed by atoms with van der Waals surface area (Å²) in [5.41, 5.74) is -1.02. The Kier molecular flexibility index (Phi) is 9.43. The number of nitrogens with zero attached hydrogens (tertiary/aromatic N) is 3. The highest BCUT2D eigenvalue weighted by Crippen LogP contribution is 2.46. The molecule has 1 unspecified atom stereocenters. The molecular weight excluding hydrogens is 399 g/mol. The van der Waals surface area contributed by atoms with E-state index in [4.69, 9.17) is 23.8 Å². The van der Waals surface area contributed by atoms with Gasteiger partial charge in [0.15, 0.2) is 6.23 Å². The molecule has 0 saturated carbocycles. The fourth-order valence-corrected chi connectivity index (χ4v) is 4.59. The molecule has 10 nitrogen and oxygen atoms in total. The van der Waals surface area contributed by atoms with E-state index >= 15 is 0 Å². The summed E-state index contributed by atoms with van der Waals surface area (Å²) in [5, 5.41) is 8.78. The van der Waals surface area contributed by atoms with Crippen molar-refractivity contribution < 1.29 is 18.5 Å². The summed E-state index contributed by atoms with van der Waals surface area (Å²) >= 11 is 0. The normalized spacial score (nSPS) is 20.9. The molecule has 1 N–H and O–H groups in total. The summed E-state index contributed by atoms with van der Waals surface area (Å²) in [5.74, 6) is 0.